The van der Waals surface area contributed by atoms with Crippen molar-refractivity contribution in [2.24, 2.45) is 5.92 Å². The highest BCUT2D eigenvalue weighted by molar-refractivity contribution is 7.07. The van der Waals surface area contributed by atoms with Gasteiger partial charge >= 0.3 is 0 Å². The van der Waals surface area contributed by atoms with E-state index in [0.29, 0.717) is 6.10 Å². The number of pyridine rings is 1. The molecule has 0 aliphatic heterocycles. The molecular weight excluding hydrogens is 320 g/mol. The van der Waals surface area contributed by atoms with Crippen molar-refractivity contribution >= 4 is 17.2 Å². The first-order valence-electron chi connectivity index (χ1n) is 8.50. The van der Waals surface area contributed by atoms with E-state index in [2.05, 4.69) is 27.1 Å². The molecule has 1 aliphatic carbocycles. The summed E-state index contributed by atoms with van der Waals surface area (Å²) in [5.74, 6) is 0.256. The third-order valence-corrected chi connectivity index (χ3v) is 5.53. The largest absolute Gasteiger partial charge is 0.381 e. The van der Waals surface area contributed by atoms with E-state index in [1.165, 1.54) is 5.56 Å². The third-order valence-electron chi connectivity index (χ3n) is 4.80. The van der Waals surface area contributed by atoms with Crippen LogP contribution in [0.5, 0.6) is 0 Å². The molecule has 1 amide bonds. The van der Waals surface area contributed by atoms with Crippen molar-refractivity contribution < 1.29 is 9.53 Å². The number of thiophene rings is 1. The molecule has 128 valence electrons. The summed E-state index contributed by atoms with van der Waals surface area (Å²) < 4.78 is 5.40. The molecule has 0 spiro atoms. The summed E-state index contributed by atoms with van der Waals surface area (Å²) in [6.07, 6.45) is 8.47. The quantitative estimate of drug-likeness (QED) is 0.868. The molecule has 1 fully saturated rings. The Kier molecular flexibility index (Phi) is 5.99. The number of ether oxygens (including phenoxy) is 1. The fourth-order valence-electron chi connectivity index (χ4n) is 3.33. The monoisotopic (exact) mass is 344 g/mol. The van der Waals surface area contributed by atoms with Gasteiger partial charge in [-0.3, -0.25) is 9.78 Å². The first-order chi connectivity index (χ1) is 11.8. The van der Waals surface area contributed by atoms with Gasteiger partial charge in [-0.25, -0.2) is 0 Å². The van der Waals surface area contributed by atoms with E-state index in [0.717, 1.165) is 37.7 Å². The Morgan fingerprint density at radius 1 is 1.38 bits per heavy atom. The molecular formula is C19H24N2O2S. The van der Waals surface area contributed by atoms with Crippen LogP contribution in [0, 0.1) is 5.92 Å². The number of carbonyl (C=O) groups excluding carboxylic acids is 1. The fraction of sp³-hybridized carbons (Fsp3) is 0.474. The zero-order valence-electron chi connectivity index (χ0n) is 14.0. The molecule has 1 atom stereocenters. The van der Waals surface area contributed by atoms with Crippen LogP contribution in [0.1, 0.15) is 42.9 Å². The Labute approximate surface area is 147 Å². The molecule has 1 N–H and O–H groups in total. The van der Waals surface area contributed by atoms with Gasteiger partial charge in [0.2, 0.25) is 5.91 Å². The summed E-state index contributed by atoms with van der Waals surface area (Å²) in [5.41, 5.74) is 2.31. The minimum absolute atomic E-state index is 0.0269. The average Bonchev–Trinajstić information content (AvgIpc) is 3.15. The molecule has 2 aromatic rings. The van der Waals surface area contributed by atoms with Crippen LogP contribution in [0.3, 0.4) is 0 Å². The van der Waals surface area contributed by atoms with E-state index in [1.54, 1.807) is 24.6 Å². The summed E-state index contributed by atoms with van der Waals surface area (Å²) in [6.45, 7) is 0. The first-order valence-corrected chi connectivity index (χ1v) is 9.44. The zero-order valence-corrected chi connectivity index (χ0v) is 14.8. The van der Waals surface area contributed by atoms with Gasteiger partial charge < -0.3 is 10.1 Å². The maximum Gasteiger partial charge on any atom is 0.223 e. The average molecular weight is 344 g/mol. The Bertz CT molecular complexity index is 622. The lowest BCUT2D eigenvalue weighted by molar-refractivity contribution is -0.127. The highest BCUT2D eigenvalue weighted by Gasteiger charge is 2.28. The van der Waals surface area contributed by atoms with Gasteiger partial charge in [-0.05, 0) is 66.1 Å². The maximum absolute atomic E-state index is 12.7. The normalized spacial score (nSPS) is 22.0. The van der Waals surface area contributed by atoms with Crippen molar-refractivity contribution in [3.8, 4) is 0 Å². The van der Waals surface area contributed by atoms with Gasteiger partial charge in [0.25, 0.3) is 0 Å². The van der Waals surface area contributed by atoms with Crippen molar-refractivity contribution in [3.63, 3.8) is 0 Å². The van der Waals surface area contributed by atoms with E-state index in [1.807, 2.05) is 18.3 Å². The molecule has 1 unspecified atom stereocenters. The number of nitrogens with one attached hydrogen (secondary N) is 1. The van der Waals surface area contributed by atoms with Crippen LogP contribution < -0.4 is 5.32 Å². The predicted molar refractivity (Wildman–Crippen MR) is 95.9 cm³/mol. The van der Waals surface area contributed by atoms with Crippen molar-refractivity contribution in [2.45, 2.75) is 44.2 Å². The van der Waals surface area contributed by atoms with Crippen LogP contribution in [0.4, 0.5) is 0 Å². The van der Waals surface area contributed by atoms with Gasteiger partial charge in [0.05, 0.1) is 12.1 Å². The molecule has 2 heterocycles. The molecule has 0 saturated heterocycles. The molecule has 5 heteroatoms. The van der Waals surface area contributed by atoms with Crippen LogP contribution in [0.15, 0.2) is 41.4 Å². The SMILES string of the molecule is COC1CCC(C(=O)NC(Cc2ccsc2)c2cccnc2)CC1. The number of amides is 1. The summed E-state index contributed by atoms with van der Waals surface area (Å²) in [7, 11) is 1.75. The molecule has 2 aromatic heterocycles. The van der Waals surface area contributed by atoms with E-state index < -0.39 is 0 Å². The molecule has 3 rings (SSSR count). The smallest absolute Gasteiger partial charge is 0.223 e. The highest BCUT2D eigenvalue weighted by Crippen LogP contribution is 2.27. The van der Waals surface area contributed by atoms with Crippen LogP contribution >= 0.6 is 11.3 Å². The zero-order chi connectivity index (χ0) is 16.8. The molecule has 4 nitrogen and oxygen atoms in total. The Hall–Kier alpha value is -1.72. The lowest BCUT2D eigenvalue weighted by Crippen LogP contribution is -2.37. The Balaban J connectivity index is 1.66. The summed E-state index contributed by atoms with van der Waals surface area (Å²) in [6, 6.07) is 6.04. The minimum atomic E-state index is -0.0269. The first kappa shape index (κ1) is 17.1. The summed E-state index contributed by atoms with van der Waals surface area (Å²) in [4.78, 5) is 16.9. The van der Waals surface area contributed by atoms with Gasteiger partial charge in [-0.15, -0.1) is 0 Å². The number of methoxy groups -OCH3 is 1. The number of carbonyl (C=O) groups is 1. The lowest BCUT2D eigenvalue weighted by atomic mass is 9.86. The van der Waals surface area contributed by atoms with E-state index in [-0.39, 0.29) is 17.9 Å². The third kappa shape index (κ3) is 4.42. The van der Waals surface area contributed by atoms with Crippen LogP contribution in [0.25, 0.3) is 0 Å². The Morgan fingerprint density at radius 2 is 2.21 bits per heavy atom. The van der Waals surface area contributed by atoms with E-state index >= 15 is 0 Å². The second-order valence-corrected chi connectivity index (χ2v) is 7.17. The van der Waals surface area contributed by atoms with E-state index in [9.17, 15) is 4.79 Å². The number of hydrogen-bond acceptors (Lipinski definition) is 4. The molecule has 0 radical (unpaired) electrons. The van der Waals surface area contributed by atoms with Gasteiger partial charge in [0.1, 0.15) is 0 Å². The fourth-order valence-corrected chi connectivity index (χ4v) is 4.01. The Morgan fingerprint density at radius 3 is 2.83 bits per heavy atom. The second kappa shape index (κ2) is 8.40. The molecule has 1 aliphatic rings. The predicted octanol–water partition coefficient (Wildman–Crippen LogP) is 3.75. The lowest BCUT2D eigenvalue weighted by Gasteiger charge is -2.28. The number of nitrogens with zero attached hydrogens (tertiary/aromatic N) is 1. The number of hydrogen-bond donors (Lipinski definition) is 1. The van der Waals surface area contributed by atoms with Gasteiger partial charge in [0.15, 0.2) is 0 Å². The van der Waals surface area contributed by atoms with Crippen LogP contribution in [-0.4, -0.2) is 24.1 Å². The minimum Gasteiger partial charge on any atom is -0.381 e. The van der Waals surface area contributed by atoms with Crippen LogP contribution in [0.2, 0.25) is 0 Å². The summed E-state index contributed by atoms with van der Waals surface area (Å²) >= 11 is 1.68. The number of rotatable bonds is 6. The van der Waals surface area contributed by atoms with Gasteiger partial charge in [-0.2, -0.15) is 11.3 Å². The highest BCUT2D eigenvalue weighted by atomic mass is 32.1. The number of aromatic nitrogens is 1. The van der Waals surface area contributed by atoms with Crippen molar-refractivity contribution in [1.29, 1.82) is 0 Å². The van der Waals surface area contributed by atoms with Gasteiger partial charge in [-0.1, -0.05) is 6.07 Å². The standard InChI is InChI=1S/C19H24N2O2S/c1-23-17-6-4-15(5-7-17)19(22)21-18(11-14-8-10-24-13-14)16-3-2-9-20-12-16/h2-3,8-10,12-13,15,17-18H,4-7,11H2,1H3,(H,21,22). The molecule has 1 saturated carbocycles. The molecule has 0 aromatic carbocycles. The second-order valence-electron chi connectivity index (χ2n) is 6.39. The van der Waals surface area contributed by atoms with Crippen molar-refractivity contribution in [1.82, 2.24) is 10.3 Å². The van der Waals surface area contributed by atoms with Gasteiger partial charge in [0, 0.05) is 25.4 Å². The maximum atomic E-state index is 12.7. The van der Waals surface area contributed by atoms with Crippen molar-refractivity contribution in [3.05, 3.63) is 52.5 Å². The molecule has 24 heavy (non-hydrogen) atoms. The summed E-state index contributed by atoms with van der Waals surface area (Å²) in [5, 5.41) is 7.47. The molecule has 0 bridgehead atoms. The van der Waals surface area contributed by atoms with E-state index in [4.69, 9.17) is 4.74 Å². The van der Waals surface area contributed by atoms with Crippen LogP contribution in [-0.2, 0) is 16.0 Å². The topological polar surface area (TPSA) is 51.2 Å². The van der Waals surface area contributed by atoms with Crippen molar-refractivity contribution in [2.75, 3.05) is 7.11 Å².